The Balaban J connectivity index is 1.82. The molecule has 0 aliphatic carbocycles. The van der Waals surface area contributed by atoms with Gasteiger partial charge in [0, 0.05) is 37.4 Å². The van der Waals surface area contributed by atoms with E-state index >= 15 is 0 Å². The molecular formula is C18H17N5O7S. The molecule has 0 atom stereocenters. The number of nitro groups is 2. The van der Waals surface area contributed by atoms with Crippen molar-refractivity contribution in [1.29, 1.82) is 0 Å². The zero-order valence-corrected chi connectivity index (χ0v) is 16.8. The quantitative estimate of drug-likeness (QED) is 0.268. The number of carbonyl (C=O) groups is 1. The third-order valence-corrected chi connectivity index (χ3v) is 4.66. The molecule has 2 aromatic carbocycles. The largest absolute Gasteiger partial charge is 0.506 e. The maximum Gasteiger partial charge on any atom is 0.271 e. The molecule has 2 aromatic rings. The van der Waals surface area contributed by atoms with Crippen LogP contribution in [0.1, 0.15) is 10.4 Å². The molecular weight excluding hydrogens is 430 g/mol. The normalized spacial score (nSPS) is 13.4. The molecule has 3 N–H and O–H groups in total. The van der Waals surface area contributed by atoms with E-state index in [4.69, 9.17) is 17.0 Å². The van der Waals surface area contributed by atoms with E-state index in [1.54, 1.807) is 0 Å². The Morgan fingerprint density at radius 2 is 1.68 bits per heavy atom. The molecule has 0 bridgehead atoms. The highest BCUT2D eigenvalue weighted by Crippen LogP contribution is 2.28. The zero-order chi connectivity index (χ0) is 22.5. The van der Waals surface area contributed by atoms with Crippen molar-refractivity contribution in [2.24, 2.45) is 0 Å². The van der Waals surface area contributed by atoms with Crippen LogP contribution in [0, 0.1) is 20.2 Å². The van der Waals surface area contributed by atoms with Crippen LogP contribution >= 0.6 is 12.2 Å². The molecule has 0 saturated carbocycles. The van der Waals surface area contributed by atoms with Crippen molar-refractivity contribution in [3.05, 3.63) is 62.2 Å². The molecule has 3 rings (SSSR count). The molecule has 1 aliphatic rings. The molecule has 1 fully saturated rings. The highest BCUT2D eigenvalue weighted by Gasteiger charge is 2.23. The number of non-ortho nitro benzene ring substituents is 2. The van der Waals surface area contributed by atoms with E-state index in [1.165, 1.54) is 12.1 Å². The molecule has 1 aliphatic heterocycles. The average Bonchev–Trinajstić information content (AvgIpc) is 2.75. The Kier molecular flexibility index (Phi) is 6.57. The molecule has 1 heterocycles. The van der Waals surface area contributed by atoms with Crippen LogP contribution in [-0.4, -0.2) is 52.3 Å². The lowest BCUT2D eigenvalue weighted by molar-refractivity contribution is -0.385. The van der Waals surface area contributed by atoms with Crippen LogP contribution in [0.3, 0.4) is 0 Å². The fourth-order valence-electron chi connectivity index (χ4n) is 2.96. The van der Waals surface area contributed by atoms with Gasteiger partial charge in [-0.05, 0) is 24.4 Å². The fourth-order valence-corrected chi connectivity index (χ4v) is 3.16. The minimum Gasteiger partial charge on any atom is -0.506 e. The number of thiocarbonyl (C=S) groups is 1. The first-order valence-corrected chi connectivity index (χ1v) is 9.38. The molecule has 162 valence electrons. The molecule has 0 aromatic heterocycles. The Hall–Kier alpha value is -3.84. The number of phenols is 1. The number of carbonyl (C=O) groups excluding carboxylic acids is 1. The third-order valence-electron chi connectivity index (χ3n) is 4.45. The summed E-state index contributed by atoms with van der Waals surface area (Å²) in [6.45, 7) is 1.90. The van der Waals surface area contributed by atoms with Gasteiger partial charge in [-0.25, -0.2) is 0 Å². The van der Waals surface area contributed by atoms with Crippen LogP contribution < -0.4 is 15.5 Å². The summed E-state index contributed by atoms with van der Waals surface area (Å²) in [6, 6.07) is 7.22. The second-order valence-electron chi connectivity index (χ2n) is 6.42. The predicted octanol–water partition coefficient (Wildman–Crippen LogP) is 2.17. The lowest BCUT2D eigenvalue weighted by Gasteiger charge is -2.30. The lowest BCUT2D eigenvalue weighted by atomic mass is 10.1. The van der Waals surface area contributed by atoms with E-state index in [-0.39, 0.29) is 33.5 Å². The second-order valence-corrected chi connectivity index (χ2v) is 6.83. The minimum absolute atomic E-state index is 0.0310. The summed E-state index contributed by atoms with van der Waals surface area (Å²) in [4.78, 5) is 35.5. The molecule has 12 nitrogen and oxygen atoms in total. The van der Waals surface area contributed by atoms with Gasteiger partial charge in [0.05, 0.1) is 40.0 Å². The summed E-state index contributed by atoms with van der Waals surface area (Å²) in [6.07, 6.45) is 0. The fraction of sp³-hybridized carbons (Fsp3) is 0.222. The monoisotopic (exact) mass is 447 g/mol. The van der Waals surface area contributed by atoms with Gasteiger partial charge in [-0.3, -0.25) is 30.3 Å². The number of hydrogen-bond donors (Lipinski definition) is 3. The van der Waals surface area contributed by atoms with Gasteiger partial charge >= 0.3 is 0 Å². The highest BCUT2D eigenvalue weighted by molar-refractivity contribution is 7.80. The third kappa shape index (κ3) is 5.21. The highest BCUT2D eigenvalue weighted by atomic mass is 32.1. The van der Waals surface area contributed by atoms with Crippen LogP contribution in [0.25, 0.3) is 0 Å². The van der Waals surface area contributed by atoms with Gasteiger partial charge in [0.15, 0.2) is 5.11 Å². The number of amides is 1. The topological polar surface area (TPSA) is 160 Å². The van der Waals surface area contributed by atoms with Gasteiger partial charge in [-0.2, -0.15) is 0 Å². The number of morpholine rings is 1. The minimum atomic E-state index is -0.715. The summed E-state index contributed by atoms with van der Waals surface area (Å²) in [5.74, 6) is -1.03. The van der Waals surface area contributed by atoms with Gasteiger partial charge in [0.25, 0.3) is 17.3 Å². The van der Waals surface area contributed by atoms with Crippen molar-refractivity contribution in [2.45, 2.75) is 0 Å². The Morgan fingerprint density at radius 3 is 2.32 bits per heavy atom. The van der Waals surface area contributed by atoms with Crippen molar-refractivity contribution >= 4 is 46.0 Å². The van der Waals surface area contributed by atoms with E-state index in [0.29, 0.717) is 32.0 Å². The van der Waals surface area contributed by atoms with Gasteiger partial charge in [-0.15, -0.1) is 0 Å². The Labute approximate surface area is 180 Å². The SMILES string of the molecule is O=C(NC(=S)Nc1cc([N+](=O)[O-])ccc1O)c1cc([N+](=O)[O-])ccc1N1CCOCC1. The number of hydrogen-bond acceptors (Lipinski definition) is 9. The van der Waals surface area contributed by atoms with Crippen LogP contribution in [-0.2, 0) is 4.74 Å². The van der Waals surface area contributed by atoms with Crippen molar-refractivity contribution < 1.29 is 24.5 Å². The van der Waals surface area contributed by atoms with E-state index in [2.05, 4.69) is 10.6 Å². The van der Waals surface area contributed by atoms with Crippen LogP contribution in [0.4, 0.5) is 22.7 Å². The zero-order valence-electron chi connectivity index (χ0n) is 15.9. The average molecular weight is 447 g/mol. The summed E-state index contributed by atoms with van der Waals surface area (Å²) in [7, 11) is 0. The van der Waals surface area contributed by atoms with Crippen molar-refractivity contribution in [2.75, 3.05) is 36.5 Å². The molecule has 1 saturated heterocycles. The number of nitrogens with zero attached hydrogens (tertiary/aromatic N) is 3. The number of nitro benzene ring substituents is 2. The smallest absolute Gasteiger partial charge is 0.271 e. The molecule has 13 heteroatoms. The van der Waals surface area contributed by atoms with E-state index in [9.17, 15) is 30.1 Å². The summed E-state index contributed by atoms with van der Waals surface area (Å²) in [5.41, 5.74) is -0.122. The van der Waals surface area contributed by atoms with Crippen LogP contribution in [0.5, 0.6) is 5.75 Å². The summed E-state index contributed by atoms with van der Waals surface area (Å²) < 4.78 is 5.30. The number of benzene rings is 2. The predicted molar refractivity (Wildman–Crippen MR) is 115 cm³/mol. The molecule has 0 unspecified atom stereocenters. The first-order valence-electron chi connectivity index (χ1n) is 8.97. The maximum absolute atomic E-state index is 12.9. The first-order chi connectivity index (χ1) is 14.8. The van der Waals surface area contributed by atoms with Gasteiger partial charge in [0.1, 0.15) is 5.75 Å². The second kappa shape index (κ2) is 9.32. The molecule has 0 radical (unpaired) electrons. The van der Waals surface area contributed by atoms with Crippen molar-refractivity contribution in [3.8, 4) is 5.75 Å². The van der Waals surface area contributed by atoms with E-state index in [0.717, 1.165) is 24.3 Å². The molecule has 1 amide bonds. The van der Waals surface area contributed by atoms with Crippen molar-refractivity contribution in [1.82, 2.24) is 5.32 Å². The Bertz CT molecular complexity index is 1060. The van der Waals surface area contributed by atoms with Crippen LogP contribution in [0.15, 0.2) is 36.4 Å². The number of nitrogens with one attached hydrogen (secondary N) is 2. The van der Waals surface area contributed by atoms with Gasteiger partial charge < -0.3 is 20.1 Å². The number of phenolic OH excluding ortho intramolecular Hbond substituents is 1. The number of anilines is 2. The summed E-state index contributed by atoms with van der Waals surface area (Å²) >= 11 is 5.07. The molecule has 0 spiro atoms. The van der Waals surface area contributed by atoms with E-state index < -0.39 is 15.8 Å². The number of rotatable bonds is 5. The summed E-state index contributed by atoms with van der Waals surface area (Å²) in [5, 5.41) is 36.6. The number of aromatic hydroxyl groups is 1. The molecule has 31 heavy (non-hydrogen) atoms. The maximum atomic E-state index is 12.9. The van der Waals surface area contributed by atoms with Crippen LogP contribution in [0.2, 0.25) is 0 Å². The van der Waals surface area contributed by atoms with Gasteiger partial charge in [-0.1, -0.05) is 0 Å². The lowest BCUT2D eigenvalue weighted by Crippen LogP contribution is -2.39. The first kappa shape index (κ1) is 21.9. The Morgan fingerprint density at radius 1 is 1.06 bits per heavy atom. The van der Waals surface area contributed by atoms with Gasteiger partial charge in [0.2, 0.25) is 0 Å². The van der Waals surface area contributed by atoms with Crippen molar-refractivity contribution in [3.63, 3.8) is 0 Å². The van der Waals surface area contributed by atoms with E-state index in [1.807, 2.05) is 4.90 Å². The standard InChI is InChI=1S/C18H17N5O7S/c24-16-4-2-12(23(28)29)10-14(16)19-18(31)20-17(25)13-9-11(22(26)27)1-3-15(13)21-5-7-30-8-6-21/h1-4,9-10,24H,5-8H2,(H2,19,20,25,31). The number of ether oxygens (including phenoxy) is 1.